The van der Waals surface area contributed by atoms with E-state index in [2.05, 4.69) is 29.0 Å². The fourth-order valence-electron chi connectivity index (χ4n) is 4.34. The van der Waals surface area contributed by atoms with E-state index in [-0.39, 0.29) is 30.3 Å². The molecule has 3 aromatic rings. The first kappa shape index (κ1) is 22.1. The molecule has 3 heterocycles. The Morgan fingerprint density at radius 1 is 1.09 bits per heavy atom. The Kier molecular flexibility index (Phi) is 6.60. The van der Waals surface area contributed by atoms with E-state index < -0.39 is 0 Å². The second-order valence-electron chi connectivity index (χ2n) is 8.47. The molecule has 1 N–H and O–H groups in total. The first-order valence-corrected chi connectivity index (χ1v) is 11.3. The highest BCUT2D eigenvalue weighted by atomic mass is 16.5. The maximum absolute atomic E-state index is 12.8. The minimum Gasteiger partial charge on any atom is -0.372 e. The zero-order chi connectivity index (χ0) is 22.7. The zero-order valence-electron chi connectivity index (χ0n) is 19.0. The summed E-state index contributed by atoms with van der Waals surface area (Å²) in [4.78, 5) is 32.3. The molecule has 2 aromatic heterocycles. The number of nitrogens with one attached hydrogen (secondary N) is 1. The lowest BCUT2D eigenvalue weighted by atomic mass is 10.2. The molecule has 1 aliphatic rings. The lowest BCUT2D eigenvalue weighted by molar-refractivity contribution is -0.121. The second-order valence-corrected chi connectivity index (χ2v) is 8.47. The molecule has 0 radical (unpaired) electrons. The minimum atomic E-state index is -0.202. The van der Waals surface area contributed by atoms with Gasteiger partial charge in [0.25, 0.3) is 0 Å². The Bertz CT molecular complexity index is 1120. The number of rotatable bonds is 7. The summed E-state index contributed by atoms with van der Waals surface area (Å²) in [5.41, 5.74) is 2.40. The standard InChI is InChI=1S/C24H31N5O3/c1-4-11-28-20-7-5-6-8-21(20)29(24(28)31)16-23(30)26-13-19-9-10-22(25-12-19)27-14-17(2)32-18(3)15-27/h5-10,12,17-18H,4,11,13-16H2,1-3H3,(H,26,30). The van der Waals surface area contributed by atoms with Gasteiger partial charge in [0.1, 0.15) is 12.4 Å². The maximum atomic E-state index is 12.8. The van der Waals surface area contributed by atoms with Crippen LogP contribution in [0, 0.1) is 0 Å². The van der Waals surface area contributed by atoms with Gasteiger partial charge in [-0.2, -0.15) is 0 Å². The van der Waals surface area contributed by atoms with Gasteiger partial charge < -0.3 is 15.0 Å². The molecule has 1 aliphatic heterocycles. The summed E-state index contributed by atoms with van der Waals surface area (Å²) >= 11 is 0. The van der Waals surface area contributed by atoms with Gasteiger partial charge in [-0.05, 0) is 44.0 Å². The summed E-state index contributed by atoms with van der Waals surface area (Å²) in [6.45, 7) is 8.78. The first-order valence-electron chi connectivity index (χ1n) is 11.3. The van der Waals surface area contributed by atoms with Gasteiger partial charge in [-0.25, -0.2) is 9.78 Å². The molecule has 8 heteroatoms. The van der Waals surface area contributed by atoms with Crippen LogP contribution in [-0.2, 0) is 29.2 Å². The molecule has 170 valence electrons. The second kappa shape index (κ2) is 9.56. The van der Waals surface area contributed by atoms with Crippen LogP contribution in [0.2, 0.25) is 0 Å². The Hall–Kier alpha value is -3.13. The Morgan fingerprint density at radius 3 is 2.41 bits per heavy atom. The van der Waals surface area contributed by atoms with Crippen molar-refractivity contribution < 1.29 is 9.53 Å². The van der Waals surface area contributed by atoms with Gasteiger partial charge in [0, 0.05) is 32.4 Å². The van der Waals surface area contributed by atoms with Crippen LogP contribution in [0.15, 0.2) is 47.4 Å². The van der Waals surface area contributed by atoms with Crippen LogP contribution in [0.25, 0.3) is 11.0 Å². The summed E-state index contributed by atoms with van der Waals surface area (Å²) in [6, 6.07) is 11.6. The van der Waals surface area contributed by atoms with E-state index in [4.69, 9.17) is 4.74 Å². The number of carbonyl (C=O) groups is 1. The highest BCUT2D eigenvalue weighted by Crippen LogP contribution is 2.18. The van der Waals surface area contributed by atoms with Crippen molar-refractivity contribution in [1.29, 1.82) is 0 Å². The quantitative estimate of drug-likeness (QED) is 0.614. The Labute approximate surface area is 187 Å². The van der Waals surface area contributed by atoms with Gasteiger partial charge in [-0.15, -0.1) is 0 Å². The maximum Gasteiger partial charge on any atom is 0.329 e. The van der Waals surface area contributed by atoms with Crippen molar-refractivity contribution in [3.05, 3.63) is 58.6 Å². The summed E-state index contributed by atoms with van der Waals surface area (Å²) in [5, 5.41) is 2.91. The van der Waals surface area contributed by atoms with Crippen LogP contribution in [-0.4, -0.2) is 45.3 Å². The largest absolute Gasteiger partial charge is 0.372 e. The molecule has 0 saturated carbocycles. The van der Waals surface area contributed by atoms with E-state index in [1.807, 2.05) is 43.3 Å². The molecule has 0 bridgehead atoms. The summed E-state index contributed by atoms with van der Waals surface area (Å²) in [6.07, 6.45) is 2.99. The highest BCUT2D eigenvalue weighted by molar-refractivity contribution is 5.80. The molecule has 0 spiro atoms. The number of fused-ring (bicyclic) bond motifs is 1. The zero-order valence-corrected chi connectivity index (χ0v) is 19.0. The molecule has 0 aliphatic carbocycles. The summed E-state index contributed by atoms with van der Waals surface area (Å²) in [5.74, 6) is 0.712. The first-order chi connectivity index (χ1) is 15.5. The Morgan fingerprint density at radius 2 is 1.78 bits per heavy atom. The fourth-order valence-corrected chi connectivity index (χ4v) is 4.34. The number of para-hydroxylation sites is 2. The van der Waals surface area contributed by atoms with Gasteiger partial charge in [0.15, 0.2) is 0 Å². The molecule has 2 unspecified atom stereocenters. The van der Waals surface area contributed by atoms with Crippen molar-refractivity contribution >= 4 is 22.8 Å². The molecule has 1 amide bonds. The smallest absolute Gasteiger partial charge is 0.329 e. The number of imidazole rings is 1. The number of aryl methyl sites for hydroxylation is 1. The van der Waals surface area contributed by atoms with Gasteiger partial charge in [-0.1, -0.05) is 25.1 Å². The van der Waals surface area contributed by atoms with E-state index in [1.54, 1.807) is 15.3 Å². The van der Waals surface area contributed by atoms with E-state index >= 15 is 0 Å². The third kappa shape index (κ3) is 4.70. The van der Waals surface area contributed by atoms with E-state index in [1.165, 1.54) is 0 Å². The molecule has 1 aromatic carbocycles. The molecule has 4 rings (SSSR count). The van der Waals surface area contributed by atoms with Crippen LogP contribution in [0.3, 0.4) is 0 Å². The van der Waals surface area contributed by atoms with Gasteiger partial charge in [0.2, 0.25) is 5.91 Å². The lowest BCUT2D eigenvalue weighted by Gasteiger charge is -2.36. The van der Waals surface area contributed by atoms with Gasteiger partial charge in [-0.3, -0.25) is 13.9 Å². The summed E-state index contributed by atoms with van der Waals surface area (Å²) in [7, 11) is 0. The topological polar surface area (TPSA) is 81.4 Å². The number of hydrogen-bond acceptors (Lipinski definition) is 5. The van der Waals surface area contributed by atoms with E-state index in [9.17, 15) is 9.59 Å². The fraction of sp³-hybridized carbons (Fsp3) is 0.458. The normalized spacial score (nSPS) is 18.8. The number of nitrogens with zero attached hydrogens (tertiary/aromatic N) is 4. The van der Waals surface area contributed by atoms with Gasteiger partial charge >= 0.3 is 5.69 Å². The number of benzene rings is 1. The molecular weight excluding hydrogens is 406 g/mol. The highest BCUT2D eigenvalue weighted by Gasteiger charge is 2.23. The third-order valence-electron chi connectivity index (χ3n) is 5.72. The van der Waals surface area contributed by atoms with Crippen molar-refractivity contribution in [2.24, 2.45) is 0 Å². The van der Waals surface area contributed by atoms with Crippen molar-refractivity contribution in [2.45, 2.75) is 59.0 Å². The number of anilines is 1. The molecule has 2 atom stereocenters. The number of aromatic nitrogens is 3. The van der Waals surface area contributed by atoms with Crippen molar-refractivity contribution in [2.75, 3.05) is 18.0 Å². The number of carbonyl (C=O) groups excluding carboxylic acids is 1. The van der Waals surface area contributed by atoms with Crippen molar-refractivity contribution in [1.82, 2.24) is 19.4 Å². The lowest BCUT2D eigenvalue weighted by Crippen LogP contribution is -2.45. The number of pyridine rings is 1. The van der Waals surface area contributed by atoms with E-state index in [0.717, 1.165) is 41.9 Å². The summed E-state index contributed by atoms with van der Waals surface area (Å²) < 4.78 is 9.06. The molecule has 32 heavy (non-hydrogen) atoms. The molecular formula is C24H31N5O3. The SMILES string of the molecule is CCCn1c(=O)n(CC(=O)NCc2ccc(N3CC(C)OC(C)C3)nc2)c2ccccc21. The number of morpholine rings is 1. The Balaban J connectivity index is 1.40. The van der Waals surface area contributed by atoms with Crippen LogP contribution >= 0.6 is 0 Å². The monoisotopic (exact) mass is 437 g/mol. The minimum absolute atomic E-state index is 0.00880. The molecule has 8 nitrogen and oxygen atoms in total. The third-order valence-corrected chi connectivity index (χ3v) is 5.72. The van der Waals surface area contributed by atoms with E-state index in [0.29, 0.717) is 13.1 Å². The van der Waals surface area contributed by atoms with Crippen LogP contribution in [0.5, 0.6) is 0 Å². The predicted molar refractivity (Wildman–Crippen MR) is 125 cm³/mol. The van der Waals surface area contributed by atoms with Gasteiger partial charge in [0.05, 0.1) is 23.2 Å². The van der Waals surface area contributed by atoms with Crippen LogP contribution < -0.4 is 15.9 Å². The average molecular weight is 438 g/mol. The number of amides is 1. The number of hydrogen-bond donors (Lipinski definition) is 1. The van der Waals surface area contributed by atoms with Crippen molar-refractivity contribution in [3.8, 4) is 0 Å². The molecule has 1 fully saturated rings. The van der Waals surface area contributed by atoms with Crippen LogP contribution in [0.4, 0.5) is 5.82 Å². The van der Waals surface area contributed by atoms with Crippen LogP contribution in [0.1, 0.15) is 32.8 Å². The predicted octanol–water partition coefficient (Wildman–Crippen LogP) is 2.54. The van der Waals surface area contributed by atoms with Crippen molar-refractivity contribution in [3.63, 3.8) is 0 Å². The molecule has 1 saturated heterocycles. The average Bonchev–Trinajstić information content (AvgIpc) is 3.04. The number of ether oxygens (including phenoxy) is 1.